The molecule has 0 radical (unpaired) electrons. The molecule has 0 aliphatic rings. The highest BCUT2D eigenvalue weighted by Crippen LogP contribution is 2.13. The van der Waals surface area contributed by atoms with Crippen molar-refractivity contribution in [2.75, 3.05) is 45.7 Å². The lowest BCUT2D eigenvalue weighted by molar-refractivity contribution is 0.416. The quantitative estimate of drug-likeness (QED) is 0.777. The number of anilines is 1. The van der Waals surface area contributed by atoms with E-state index in [0.29, 0.717) is 0 Å². The van der Waals surface area contributed by atoms with Crippen molar-refractivity contribution in [2.45, 2.75) is 13.5 Å². The number of hydrogen-bond donors (Lipinski definition) is 1. The summed E-state index contributed by atoms with van der Waals surface area (Å²) in [4.78, 5) is 4.49. The Balaban J connectivity index is 2.48. The topological polar surface area (TPSA) is 18.5 Å². The predicted octanol–water partition coefficient (Wildman–Crippen LogP) is 1.79. The summed E-state index contributed by atoms with van der Waals surface area (Å²) in [6.07, 6.45) is 0. The minimum Gasteiger partial charge on any atom is -0.373 e. The standard InChI is InChI=1S/C14H25N3/c1-5-15-12-13-6-8-14(9-7-13)17(4)11-10-16(2)3/h6-9,15H,5,10-12H2,1-4H3. The summed E-state index contributed by atoms with van der Waals surface area (Å²) in [6, 6.07) is 8.79. The van der Waals surface area contributed by atoms with Gasteiger partial charge >= 0.3 is 0 Å². The summed E-state index contributed by atoms with van der Waals surface area (Å²) in [6.45, 7) is 6.24. The molecule has 0 atom stereocenters. The third-order valence-electron chi connectivity index (χ3n) is 2.84. The van der Waals surface area contributed by atoms with Crippen LogP contribution in [0.25, 0.3) is 0 Å². The highest BCUT2D eigenvalue weighted by Gasteiger charge is 2.01. The molecule has 1 aromatic rings. The number of hydrogen-bond acceptors (Lipinski definition) is 3. The van der Waals surface area contributed by atoms with E-state index in [1.54, 1.807) is 0 Å². The molecular weight excluding hydrogens is 210 g/mol. The van der Waals surface area contributed by atoms with Gasteiger partial charge in [0.1, 0.15) is 0 Å². The van der Waals surface area contributed by atoms with Gasteiger partial charge in [-0.1, -0.05) is 19.1 Å². The third kappa shape index (κ3) is 5.20. The second-order valence-corrected chi connectivity index (χ2v) is 4.67. The SMILES string of the molecule is CCNCc1ccc(N(C)CCN(C)C)cc1. The normalized spacial score (nSPS) is 10.9. The molecule has 0 fully saturated rings. The molecule has 0 heterocycles. The van der Waals surface area contributed by atoms with E-state index in [-0.39, 0.29) is 0 Å². The zero-order valence-corrected chi connectivity index (χ0v) is 11.5. The van der Waals surface area contributed by atoms with Crippen molar-refractivity contribution in [3.63, 3.8) is 0 Å². The Hall–Kier alpha value is -1.06. The molecule has 0 aromatic heterocycles. The molecule has 0 bridgehead atoms. The average molecular weight is 235 g/mol. The van der Waals surface area contributed by atoms with E-state index in [9.17, 15) is 0 Å². The number of benzene rings is 1. The highest BCUT2D eigenvalue weighted by molar-refractivity contribution is 5.46. The van der Waals surface area contributed by atoms with E-state index < -0.39 is 0 Å². The smallest absolute Gasteiger partial charge is 0.0364 e. The van der Waals surface area contributed by atoms with Crippen molar-refractivity contribution in [3.8, 4) is 0 Å². The van der Waals surface area contributed by atoms with Crippen LogP contribution in [0.3, 0.4) is 0 Å². The van der Waals surface area contributed by atoms with Crippen LogP contribution in [0.15, 0.2) is 24.3 Å². The zero-order valence-electron chi connectivity index (χ0n) is 11.5. The molecule has 1 aromatic carbocycles. The van der Waals surface area contributed by atoms with Crippen molar-refractivity contribution in [1.29, 1.82) is 0 Å². The van der Waals surface area contributed by atoms with Gasteiger partial charge in [-0.15, -0.1) is 0 Å². The Morgan fingerprint density at radius 2 is 1.65 bits per heavy atom. The van der Waals surface area contributed by atoms with Crippen LogP contribution in [0, 0.1) is 0 Å². The number of likely N-dealkylation sites (N-methyl/N-ethyl adjacent to an activating group) is 2. The molecule has 0 unspecified atom stereocenters. The van der Waals surface area contributed by atoms with Gasteiger partial charge in [-0.2, -0.15) is 0 Å². The van der Waals surface area contributed by atoms with Gasteiger partial charge in [0, 0.05) is 32.4 Å². The van der Waals surface area contributed by atoms with E-state index >= 15 is 0 Å². The lowest BCUT2D eigenvalue weighted by atomic mass is 10.2. The molecule has 3 nitrogen and oxygen atoms in total. The van der Waals surface area contributed by atoms with Crippen LogP contribution in [0.1, 0.15) is 12.5 Å². The van der Waals surface area contributed by atoms with Gasteiger partial charge in [-0.3, -0.25) is 0 Å². The summed E-state index contributed by atoms with van der Waals surface area (Å²) >= 11 is 0. The van der Waals surface area contributed by atoms with Gasteiger partial charge in [0.15, 0.2) is 0 Å². The first kappa shape index (κ1) is 14.0. The van der Waals surface area contributed by atoms with Crippen LogP contribution >= 0.6 is 0 Å². The fourth-order valence-corrected chi connectivity index (χ4v) is 1.62. The number of nitrogens with one attached hydrogen (secondary N) is 1. The monoisotopic (exact) mass is 235 g/mol. The van der Waals surface area contributed by atoms with E-state index in [4.69, 9.17) is 0 Å². The number of rotatable bonds is 7. The summed E-state index contributed by atoms with van der Waals surface area (Å²) in [5.41, 5.74) is 2.63. The predicted molar refractivity (Wildman–Crippen MR) is 75.6 cm³/mol. The highest BCUT2D eigenvalue weighted by atomic mass is 15.1. The first-order chi connectivity index (χ1) is 8.13. The van der Waals surface area contributed by atoms with Crippen molar-refractivity contribution >= 4 is 5.69 Å². The molecule has 3 heteroatoms. The fourth-order valence-electron chi connectivity index (χ4n) is 1.62. The van der Waals surface area contributed by atoms with Gasteiger partial charge in [0.2, 0.25) is 0 Å². The Kier molecular flexibility index (Phi) is 6.01. The first-order valence-corrected chi connectivity index (χ1v) is 6.29. The molecule has 0 aliphatic carbocycles. The Morgan fingerprint density at radius 1 is 1.00 bits per heavy atom. The summed E-state index contributed by atoms with van der Waals surface area (Å²) in [7, 11) is 6.35. The first-order valence-electron chi connectivity index (χ1n) is 6.29. The lowest BCUT2D eigenvalue weighted by Crippen LogP contribution is -2.28. The van der Waals surface area contributed by atoms with Crippen LogP contribution in [-0.2, 0) is 6.54 Å². The summed E-state index contributed by atoms with van der Waals surface area (Å²) in [5.74, 6) is 0. The maximum atomic E-state index is 3.33. The maximum absolute atomic E-state index is 3.33. The maximum Gasteiger partial charge on any atom is 0.0364 e. The van der Waals surface area contributed by atoms with Crippen LogP contribution in [-0.4, -0.2) is 45.7 Å². The molecular formula is C14H25N3. The van der Waals surface area contributed by atoms with Crippen LogP contribution in [0.2, 0.25) is 0 Å². The van der Waals surface area contributed by atoms with Gasteiger partial charge in [0.25, 0.3) is 0 Å². The average Bonchev–Trinajstić information content (AvgIpc) is 2.34. The van der Waals surface area contributed by atoms with Crippen molar-refractivity contribution in [3.05, 3.63) is 29.8 Å². The van der Waals surface area contributed by atoms with Gasteiger partial charge in [0.05, 0.1) is 0 Å². The van der Waals surface area contributed by atoms with E-state index in [0.717, 1.165) is 26.2 Å². The Bertz CT molecular complexity index is 306. The molecule has 0 saturated heterocycles. The molecule has 0 spiro atoms. The second-order valence-electron chi connectivity index (χ2n) is 4.67. The van der Waals surface area contributed by atoms with E-state index in [1.165, 1.54) is 11.3 Å². The minimum absolute atomic E-state index is 0.957. The minimum atomic E-state index is 0.957. The van der Waals surface area contributed by atoms with Crippen LogP contribution in [0.4, 0.5) is 5.69 Å². The molecule has 96 valence electrons. The van der Waals surface area contributed by atoms with Crippen LogP contribution in [0.5, 0.6) is 0 Å². The van der Waals surface area contributed by atoms with Gasteiger partial charge < -0.3 is 15.1 Å². The molecule has 0 saturated carbocycles. The third-order valence-corrected chi connectivity index (χ3v) is 2.84. The summed E-state index contributed by atoms with van der Waals surface area (Å²) in [5, 5.41) is 3.33. The van der Waals surface area contributed by atoms with Gasteiger partial charge in [-0.05, 0) is 38.3 Å². The Labute approximate surface area is 105 Å². The Morgan fingerprint density at radius 3 is 2.18 bits per heavy atom. The largest absolute Gasteiger partial charge is 0.373 e. The molecule has 1 N–H and O–H groups in total. The van der Waals surface area contributed by atoms with E-state index in [2.05, 4.69) is 67.4 Å². The molecule has 0 amide bonds. The van der Waals surface area contributed by atoms with Crippen molar-refractivity contribution in [1.82, 2.24) is 10.2 Å². The van der Waals surface area contributed by atoms with Gasteiger partial charge in [-0.25, -0.2) is 0 Å². The molecule has 0 aliphatic heterocycles. The van der Waals surface area contributed by atoms with Crippen molar-refractivity contribution < 1.29 is 0 Å². The van der Waals surface area contributed by atoms with E-state index in [1.807, 2.05) is 0 Å². The summed E-state index contributed by atoms with van der Waals surface area (Å²) < 4.78 is 0. The lowest BCUT2D eigenvalue weighted by Gasteiger charge is -2.21. The van der Waals surface area contributed by atoms with Crippen LogP contribution < -0.4 is 10.2 Å². The zero-order chi connectivity index (χ0) is 12.7. The molecule has 1 rings (SSSR count). The number of nitrogens with zero attached hydrogens (tertiary/aromatic N) is 2. The second kappa shape index (κ2) is 7.30. The van der Waals surface area contributed by atoms with Crippen molar-refractivity contribution in [2.24, 2.45) is 0 Å². The molecule has 17 heavy (non-hydrogen) atoms. The fraction of sp³-hybridized carbons (Fsp3) is 0.571.